The number of hydrogen-bond acceptors (Lipinski definition) is 4. The van der Waals surface area contributed by atoms with Gasteiger partial charge in [0.1, 0.15) is 0 Å². The molecule has 2 rings (SSSR count). The third kappa shape index (κ3) is 4.58. The lowest BCUT2D eigenvalue weighted by Crippen LogP contribution is -2.31. The van der Waals surface area contributed by atoms with E-state index in [0.717, 1.165) is 5.56 Å². The molecular formula is C18H22N2O4S. The van der Waals surface area contributed by atoms with Crippen LogP contribution in [-0.2, 0) is 10.0 Å². The number of sulfonamides is 1. The van der Waals surface area contributed by atoms with Gasteiger partial charge in [-0.25, -0.2) is 8.42 Å². The van der Waals surface area contributed by atoms with E-state index in [1.54, 1.807) is 19.1 Å². The van der Waals surface area contributed by atoms with Crippen LogP contribution in [0, 0.1) is 6.92 Å². The van der Waals surface area contributed by atoms with Crippen LogP contribution in [0.2, 0.25) is 0 Å². The maximum absolute atomic E-state index is 12.8. The highest BCUT2D eigenvalue weighted by Gasteiger charge is 2.22. The van der Waals surface area contributed by atoms with Gasteiger partial charge >= 0.3 is 0 Å². The molecule has 7 heteroatoms. The topological polar surface area (TPSA) is 86.7 Å². The highest BCUT2D eigenvalue weighted by molar-refractivity contribution is 7.92. The lowest BCUT2D eigenvalue weighted by atomic mass is 10.2. The Bertz CT molecular complexity index is 846. The van der Waals surface area contributed by atoms with E-state index in [4.69, 9.17) is 0 Å². The summed E-state index contributed by atoms with van der Waals surface area (Å²) in [6, 6.07) is 13.0. The Morgan fingerprint density at radius 3 is 2.44 bits per heavy atom. The molecule has 2 aromatic rings. The van der Waals surface area contributed by atoms with E-state index in [-0.39, 0.29) is 17.0 Å². The molecule has 0 spiro atoms. The minimum Gasteiger partial charge on any atom is -0.392 e. The van der Waals surface area contributed by atoms with Gasteiger partial charge in [0, 0.05) is 19.2 Å². The smallest absolute Gasteiger partial charge is 0.264 e. The molecule has 1 unspecified atom stereocenters. The largest absolute Gasteiger partial charge is 0.392 e. The zero-order valence-electron chi connectivity index (χ0n) is 14.4. The van der Waals surface area contributed by atoms with Crippen molar-refractivity contribution in [2.45, 2.75) is 24.8 Å². The number of anilines is 1. The average Bonchev–Trinajstić information content (AvgIpc) is 2.59. The Morgan fingerprint density at radius 2 is 1.84 bits per heavy atom. The van der Waals surface area contributed by atoms with E-state index in [1.165, 1.54) is 35.6 Å². The molecule has 0 aliphatic carbocycles. The quantitative estimate of drug-likeness (QED) is 0.822. The zero-order valence-corrected chi connectivity index (χ0v) is 15.2. The van der Waals surface area contributed by atoms with Gasteiger partial charge in [0.05, 0.1) is 16.7 Å². The van der Waals surface area contributed by atoms with Crippen LogP contribution in [0.5, 0.6) is 0 Å². The molecule has 0 radical (unpaired) electrons. The van der Waals surface area contributed by atoms with Gasteiger partial charge in [-0.1, -0.05) is 23.8 Å². The van der Waals surface area contributed by atoms with E-state index in [1.807, 2.05) is 19.1 Å². The summed E-state index contributed by atoms with van der Waals surface area (Å²) in [6.07, 6.45) is -0.677. The number of carbonyl (C=O) groups is 1. The van der Waals surface area contributed by atoms with Crippen LogP contribution in [0.3, 0.4) is 0 Å². The number of nitrogens with one attached hydrogen (secondary N) is 1. The molecule has 0 aromatic heterocycles. The van der Waals surface area contributed by atoms with Crippen LogP contribution >= 0.6 is 0 Å². The SMILES string of the molecule is Cc1ccc(N(C)S(=O)(=O)c2cccc(C(=O)NCC(C)O)c2)cc1. The summed E-state index contributed by atoms with van der Waals surface area (Å²) < 4.78 is 26.8. The number of aryl methyl sites for hydroxylation is 1. The molecule has 1 amide bonds. The lowest BCUT2D eigenvalue weighted by Gasteiger charge is -2.20. The molecule has 0 saturated carbocycles. The fourth-order valence-corrected chi connectivity index (χ4v) is 3.43. The maximum Gasteiger partial charge on any atom is 0.264 e. The van der Waals surface area contributed by atoms with E-state index in [2.05, 4.69) is 5.32 Å². The number of benzene rings is 2. The highest BCUT2D eigenvalue weighted by Crippen LogP contribution is 2.23. The second kappa shape index (κ2) is 7.67. The lowest BCUT2D eigenvalue weighted by molar-refractivity contribution is 0.0924. The van der Waals surface area contributed by atoms with Crippen molar-refractivity contribution in [1.29, 1.82) is 0 Å². The second-order valence-electron chi connectivity index (χ2n) is 5.89. The molecule has 2 N–H and O–H groups in total. The first-order valence-electron chi connectivity index (χ1n) is 7.84. The summed E-state index contributed by atoms with van der Waals surface area (Å²) in [5.74, 6) is -0.434. The third-order valence-electron chi connectivity index (χ3n) is 3.71. The number of aliphatic hydroxyl groups is 1. The minimum absolute atomic E-state index is 0.0280. The summed E-state index contributed by atoms with van der Waals surface area (Å²) in [6.45, 7) is 3.57. The van der Waals surface area contributed by atoms with Crippen molar-refractivity contribution < 1.29 is 18.3 Å². The van der Waals surface area contributed by atoms with Gasteiger partial charge in [0.15, 0.2) is 0 Å². The van der Waals surface area contributed by atoms with Gasteiger partial charge in [-0.15, -0.1) is 0 Å². The predicted octanol–water partition coefficient (Wildman–Crippen LogP) is 1.93. The van der Waals surface area contributed by atoms with Crippen molar-refractivity contribution in [3.05, 3.63) is 59.7 Å². The third-order valence-corrected chi connectivity index (χ3v) is 5.49. The van der Waals surface area contributed by atoms with E-state index >= 15 is 0 Å². The van der Waals surface area contributed by atoms with Crippen molar-refractivity contribution in [3.63, 3.8) is 0 Å². The van der Waals surface area contributed by atoms with E-state index in [9.17, 15) is 18.3 Å². The molecular weight excluding hydrogens is 340 g/mol. The molecule has 0 heterocycles. The molecule has 0 aliphatic heterocycles. The molecule has 0 saturated heterocycles. The van der Waals surface area contributed by atoms with Crippen molar-refractivity contribution in [1.82, 2.24) is 5.32 Å². The summed E-state index contributed by atoms with van der Waals surface area (Å²) in [5, 5.41) is 11.8. The van der Waals surface area contributed by atoms with Crippen molar-refractivity contribution in [2.75, 3.05) is 17.9 Å². The Kier molecular flexibility index (Phi) is 5.81. The van der Waals surface area contributed by atoms with Crippen LogP contribution in [0.1, 0.15) is 22.8 Å². The molecule has 0 bridgehead atoms. The van der Waals surface area contributed by atoms with Crippen molar-refractivity contribution in [2.24, 2.45) is 0 Å². The monoisotopic (exact) mass is 362 g/mol. The van der Waals surface area contributed by atoms with Gasteiger partial charge < -0.3 is 10.4 Å². The number of amides is 1. The Hall–Kier alpha value is -2.38. The maximum atomic E-state index is 12.8. The number of hydrogen-bond donors (Lipinski definition) is 2. The van der Waals surface area contributed by atoms with Crippen molar-refractivity contribution >= 4 is 21.6 Å². The molecule has 0 aliphatic rings. The number of nitrogens with zero attached hydrogens (tertiary/aromatic N) is 1. The fourth-order valence-electron chi connectivity index (χ4n) is 2.19. The Balaban J connectivity index is 2.29. The summed E-state index contributed by atoms with van der Waals surface area (Å²) in [7, 11) is -2.32. The van der Waals surface area contributed by atoms with Crippen LogP contribution in [-0.4, -0.2) is 39.1 Å². The zero-order chi connectivity index (χ0) is 18.6. The Labute approximate surface area is 148 Å². The van der Waals surface area contributed by atoms with Crippen molar-refractivity contribution in [3.8, 4) is 0 Å². The van der Waals surface area contributed by atoms with Gasteiger partial charge in [0.2, 0.25) is 0 Å². The van der Waals surface area contributed by atoms with E-state index in [0.29, 0.717) is 5.69 Å². The molecule has 134 valence electrons. The van der Waals surface area contributed by atoms with Crippen LogP contribution in [0.15, 0.2) is 53.4 Å². The first kappa shape index (κ1) is 19.0. The summed E-state index contributed by atoms with van der Waals surface area (Å²) in [4.78, 5) is 12.1. The molecule has 6 nitrogen and oxygen atoms in total. The summed E-state index contributed by atoms with van der Waals surface area (Å²) in [5.41, 5.74) is 1.79. The second-order valence-corrected chi connectivity index (χ2v) is 7.86. The summed E-state index contributed by atoms with van der Waals surface area (Å²) >= 11 is 0. The van der Waals surface area contributed by atoms with E-state index < -0.39 is 22.0 Å². The van der Waals surface area contributed by atoms with Crippen LogP contribution < -0.4 is 9.62 Å². The number of aliphatic hydroxyl groups excluding tert-OH is 1. The Morgan fingerprint density at radius 1 is 1.20 bits per heavy atom. The fraction of sp³-hybridized carbons (Fsp3) is 0.278. The minimum atomic E-state index is -3.79. The molecule has 25 heavy (non-hydrogen) atoms. The standard InChI is InChI=1S/C18H22N2O4S/c1-13-7-9-16(10-8-13)20(3)25(23,24)17-6-4-5-15(11-17)18(22)19-12-14(2)21/h4-11,14,21H,12H2,1-3H3,(H,19,22). The number of carbonyl (C=O) groups excluding carboxylic acids is 1. The first-order valence-corrected chi connectivity index (χ1v) is 9.28. The van der Waals surface area contributed by atoms with Gasteiger partial charge in [-0.05, 0) is 44.2 Å². The highest BCUT2D eigenvalue weighted by atomic mass is 32.2. The first-order chi connectivity index (χ1) is 11.7. The number of rotatable bonds is 6. The molecule has 1 atom stereocenters. The van der Waals surface area contributed by atoms with Gasteiger partial charge in [0.25, 0.3) is 15.9 Å². The average molecular weight is 362 g/mol. The molecule has 0 fully saturated rings. The predicted molar refractivity (Wildman–Crippen MR) is 97.2 cm³/mol. The van der Waals surface area contributed by atoms with Crippen LogP contribution in [0.25, 0.3) is 0 Å². The van der Waals surface area contributed by atoms with Gasteiger partial charge in [-0.2, -0.15) is 0 Å². The van der Waals surface area contributed by atoms with Gasteiger partial charge in [-0.3, -0.25) is 9.10 Å². The van der Waals surface area contributed by atoms with Crippen LogP contribution in [0.4, 0.5) is 5.69 Å². The normalized spacial score (nSPS) is 12.5. The molecule has 2 aromatic carbocycles.